The molecule has 0 radical (unpaired) electrons. The van der Waals surface area contributed by atoms with E-state index < -0.39 is 27.5 Å². The first-order valence-electron chi connectivity index (χ1n) is 10.5. The summed E-state index contributed by atoms with van der Waals surface area (Å²) in [6.45, 7) is 1.68. The number of hydrogen-bond acceptors (Lipinski definition) is 8. The molecule has 4 rings (SSSR count). The normalized spacial score (nSPS) is 11.8. The molecule has 0 amide bonds. The maximum Gasteiger partial charge on any atom is 0.419 e. The van der Waals surface area contributed by atoms with E-state index in [1.807, 2.05) is 6.07 Å². The molecule has 4 aromatic rings. The maximum atomic E-state index is 13.7. The summed E-state index contributed by atoms with van der Waals surface area (Å²) in [5.74, 6) is 0.780. The number of nitrogens with zero attached hydrogens (tertiary/aromatic N) is 4. The van der Waals surface area contributed by atoms with E-state index >= 15 is 0 Å². The van der Waals surface area contributed by atoms with Crippen LogP contribution in [-0.4, -0.2) is 35.4 Å². The summed E-state index contributed by atoms with van der Waals surface area (Å²) in [4.78, 5) is 16.4. The Morgan fingerprint density at radius 1 is 0.889 bits per heavy atom. The van der Waals surface area contributed by atoms with Gasteiger partial charge >= 0.3 is 6.18 Å². The number of para-hydroxylation sites is 1. The van der Waals surface area contributed by atoms with Gasteiger partial charge in [-0.2, -0.15) is 13.2 Å². The van der Waals surface area contributed by atoms with Crippen molar-refractivity contribution in [2.45, 2.75) is 18.0 Å². The molecule has 13 heteroatoms. The van der Waals surface area contributed by atoms with Crippen molar-refractivity contribution in [2.75, 3.05) is 17.7 Å². The van der Waals surface area contributed by atoms with Crippen LogP contribution in [0.2, 0.25) is 0 Å². The number of hydrogen-bond donors (Lipinski definition) is 3. The van der Waals surface area contributed by atoms with Crippen molar-refractivity contribution in [3.63, 3.8) is 0 Å². The average Bonchev–Trinajstić information content (AvgIpc) is 2.84. The smallest absolute Gasteiger partial charge is 0.354 e. The van der Waals surface area contributed by atoms with Gasteiger partial charge in [0.15, 0.2) is 0 Å². The predicted octanol–water partition coefficient (Wildman–Crippen LogP) is 4.66. The third-order valence-corrected chi connectivity index (χ3v) is 6.45. The maximum absolute atomic E-state index is 13.7. The molecule has 186 valence electrons. The Morgan fingerprint density at radius 2 is 1.67 bits per heavy atom. The summed E-state index contributed by atoms with van der Waals surface area (Å²) in [6.07, 6.45) is -0.836. The number of nitrogens with one attached hydrogen (secondary N) is 3. The number of pyridine rings is 2. The van der Waals surface area contributed by atoms with Crippen molar-refractivity contribution < 1.29 is 21.6 Å². The van der Waals surface area contributed by atoms with Gasteiger partial charge in [0, 0.05) is 36.3 Å². The summed E-state index contributed by atoms with van der Waals surface area (Å²) < 4.78 is 68.1. The van der Waals surface area contributed by atoms with Crippen LogP contribution in [0.5, 0.6) is 0 Å². The molecule has 9 nitrogen and oxygen atoms in total. The Morgan fingerprint density at radius 3 is 2.36 bits per heavy atom. The number of halogens is 3. The lowest BCUT2D eigenvalue weighted by Gasteiger charge is -2.18. The quantitative estimate of drug-likeness (QED) is 0.325. The number of aryl methyl sites for hydroxylation is 1. The highest BCUT2D eigenvalue weighted by atomic mass is 32.2. The lowest BCUT2D eigenvalue weighted by Crippen LogP contribution is -2.20. The second-order valence-corrected chi connectivity index (χ2v) is 9.35. The van der Waals surface area contributed by atoms with Gasteiger partial charge in [-0.3, -0.25) is 4.98 Å². The van der Waals surface area contributed by atoms with Gasteiger partial charge in [0.1, 0.15) is 22.4 Å². The van der Waals surface area contributed by atoms with Gasteiger partial charge < -0.3 is 10.6 Å². The second kappa shape index (κ2) is 9.87. The van der Waals surface area contributed by atoms with Crippen LogP contribution < -0.4 is 15.4 Å². The molecule has 0 aliphatic carbocycles. The zero-order valence-electron chi connectivity index (χ0n) is 19.0. The average molecular weight is 516 g/mol. The van der Waals surface area contributed by atoms with Crippen LogP contribution in [0.3, 0.4) is 0 Å². The van der Waals surface area contributed by atoms with Gasteiger partial charge in [-0.15, -0.1) is 0 Å². The SMILES string of the molecule is CNS(=O)(=O)c1ccccc1Nc1cc(Nc2cc(-c3cccnc3)nc(C)n2)ncc1C(F)(F)F. The van der Waals surface area contributed by atoms with Crippen LogP contribution in [0.15, 0.2) is 72.0 Å². The molecular formula is C23H20F3N7O2S. The fourth-order valence-corrected chi connectivity index (χ4v) is 4.22. The topological polar surface area (TPSA) is 122 Å². The third-order valence-electron chi connectivity index (χ3n) is 4.98. The van der Waals surface area contributed by atoms with Gasteiger partial charge in [0.05, 0.1) is 22.6 Å². The van der Waals surface area contributed by atoms with Crippen molar-refractivity contribution in [1.29, 1.82) is 0 Å². The van der Waals surface area contributed by atoms with E-state index in [0.717, 1.165) is 11.6 Å². The van der Waals surface area contributed by atoms with Crippen molar-refractivity contribution in [3.05, 3.63) is 78.5 Å². The number of rotatable bonds is 7. The molecule has 0 fully saturated rings. The monoisotopic (exact) mass is 515 g/mol. The van der Waals surface area contributed by atoms with Gasteiger partial charge in [-0.05, 0) is 38.2 Å². The zero-order valence-corrected chi connectivity index (χ0v) is 19.8. The molecule has 0 unspecified atom stereocenters. The minimum Gasteiger partial charge on any atom is -0.354 e. The molecule has 0 saturated heterocycles. The van der Waals surface area contributed by atoms with Crippen LogP contribution in [0.4, 0.5) is 36.2 Å². The standard InChI is InChI=1S/C23H20F3N7O2S/c1-14-30-18(15-6-5-9-28-12-15)10-22(31-14)33-21-11-19(16(13-29-21)23(24,25)26)32-17-7-3-4-8-20(17)36(34,35)27-2/h3-13,27H,1-2H3,(H2,29,30,31,32,33). The van der Waals surface area contributed by atoms with Crippen LogP contribution >= 0.6 is 0 Å². The second-order valence-electron chi connectivity index (χ2n) is 7.49. The molecule has 1 aromatic carbocycles. The van der Waals surface area contributed by atoms with E-state index in [1.54, 1.807) is 31.5 Å². The molecule has 0 spiro atoms. The van der Waals surface area contributed by atoms with Crippen LogP contribution in [0.1, 0.15) is 11.4 Å². The molecule has 0 bridgehead atoms. The first-order valence-corrected chi connectivity index (χ1v) is 11.9. The summed E-state index contributed by atoms with van der Waals surface area (Å²) in [7, 11) is -2.73. The van der Waals surface area contributed by atoms with Gasteiger partial charge in [0.25, 0.3) is 0 Å². The number of sulfonamides is 1. The van der Waals surface area contributed by atoms with Crippen LogP contribution in [0, 0.1) is 6.92 Å². The van der Waals surface area contributed by atoms with Crippen LogP contribution in [-0.2, 0) is 16.2 Å². The number of aromatic nitrogens is 4. The summed E-state index contributed by atoms with van der Waals surface area (Å²) >= 11 is 0. The van der Waals surface area contributed by atoms with E-state index in [2.05, 4.69) is 35.3 Å². The Kier molecular flexibility index (Phi) is 6.86. The fourth-order valence-electron chi connectivity index (χ4n) is 3.34. The van der Waals surface area contributed by atoms with Crippen molar-refractivity contribution in [1.82, 2.24) is 24.7 Å². The Balaban J connectivity index is 1.73. The molecule has 0 saturated carbocycles. The van der Waals surface area contributed by atoms with E-state index in [-0.39, 0.29) is 16.4 Å². The zero-order chi connectivity index (χ0) is 25.9. The first-order chi connectivity index (χ1) is 17.1. The van der Waals surface area contributed by atoms with Crippen molar-refractivity contribution in [2.24, 2.45) is 0 Å². The molecule has 0 aliphatic rings. The van der Waals surface area contributed by atoms with Gasteiger partial charge in [-0.1, -0.05) is 12.1 Å². The molecule has 0 atom stereocenters. The van der Waals surface area contributed by atoms with E-state index in [4.69, 9.17) is 0 Å². The third kappa shape index (κ3) is 5.58. The predicted molar refractivity (Wildman–Crippen MR) is 128 cm³/mol. The number of alkyl halides is 3. The van der Waals surface area contributed by atoms with Gasteiger partial charge in [0.2, 0.25) is 10.0 Å². The first kappa shape index (κ1) is 25.0. The largest absolute Gasteiger partial charge is 0.419 e. The van der Waals surface area contributed by atoms with Crippen LogP contribution in [0.25, 0.3) is 11.3 Å². The molecule has 0 aliphatic heterocycles. The highest BCUT2D eigenvalue weighted by Crippen LogP contribution is 2.38. The van der Waals surface area contributed by atoms with E-state index in [1.165, 1.54) is 31.3 Å². The lowest BCUT2D eigenvalue weighted by atomic mass is 10.2. The molecule has 3 N–H and O–H groups in total. The van der Waals surface area contributed by atoms with Crippen molar-refractivity contribution >= 4 is 33.0 Å². The Hall–Kier alpha value is -4.10. The summed E-state index contributed by atoms with van der Waals surface area (Å²) in [5, 5.41) is 5.50. The molecule has 3 aromatic heterocycles. The van der Waals surface area contributed by atoms with Crippen molar-refractivity contribution in [3.8, 4) is 11.3 Å². The molecule has 36 heavy (non-hydrogen) atoms. The number of anilines is 4. The minimum atomic E-state index is -4.75. The van der Waals surface area contributed by atoms with E-state index in [0.29, 0.717) is 23.5 Å². The lowest BCUT2D eigenvalue weighted by molar-refractivity contribution is -0.137. The molecular weight excluding hydrogens is 495 g/mol. The molecule has 3 heterocycles. The highest BCUT2D eigenvalue weighted by molar-refractivity contribution is 7.89. The Labute approximate surface area is 204 Å². The highest BCUT2D eigenvalue weighted by Gasteiger charge is 2.35. The van der Waals surface area contributed by atoms with Gasteiger partial charge in [-0.25, -0.2) is 28.1 Å². The van der Waals surface area contributed by atoms with E-state index in [9.17, 15) is 21.6 Å². The number of benzene rings is 1. The minimum absolute atomic E-state index is 0.0359. The summed E-state index contributed by atoms with van der Waals surface area (Å²) in [6, 6.07) is 11.9. The summed E-state index contributed by atoms with van der Waals surface area (Å²) in [5.41, 5.74) is -0.200. The fraction of sp³-hybridized carbons (Fsp3) is 0.130. The Bertz CT molecular complexity index is 1500.